The molecule has 0 atom stereocenters. The Balaban J connectivity index is 3.09. The van der Waals surface area contributed by atoms with Gasteiger partial charge < -0.3 is 14.2 Å². The molecule has 96 valence electrons. The molecule has 0 aromatic heterocycles. The van der Waals surface area contributed by atoms with Gasteiger partial charge in [0.1, 0.15) is 0 Å². The van der Waals surface area contributed by atoms with Gasteiger partial charge in [0.05, 0.1) is 0 Å². The standard InChI is InChI=1S/C14H22O3/c1-5-15-14(16-6-2,17-7-3)13-10-8-9-12(4)11-13/h8-11H,5-7H2,1-4H3. The predicted octanol–water partition coefficient (Wildman–Crippen LogP) is 3.21. The molecule has 0 N–H and O–H groups in total. The molecule has 0 radical (unpaired) electrons. The summed E-state index contributed by atoms with van der Waals surface area (Å²) in [4.78, 5) is 0. The van der Waals surface area contributed by atoms with Crippen LogP contribution in [0.5, 0.6) is 0 Å². The van der Waals surface area contributed by atoms with Gasteiger partial charge in [-0.15, -0.1) is 0 Å². The summed E-state index contributed by atoms with van der Waals surface area (Å²) in [6.07, 6.45) is 0. The van der Waals surface area contributed by atoms with Crippen LogP contribution in [-0.2, 0) is 20.2 Å². The highest BCUT2D eigenvalue weighted by atomic mass is 16.9. The zero-order chi connectivity index (χ0) is 12.7. The molecule has 1 aromatic carbocycles. The smallest absolute Gasteiger partial charge is 0.311 e. The molecule has 0 saturated heterocycles. The average Bonchev–Trinajstić information content (AvgIpc) is 2.30. The number of hydrogen-bond donors (Lipinski definition) is 0. The summed E-state index contributed by atoms with van der Waals surface area (Å²) in [5.74, 6) is -1.07. The summed E-state index contributed by atoms with van der Waals surface area (Å²) >= 11 is 0. The third-order valence-corrected chi connectivity index (χ3v) is 2.37. The average molecular weight is 238 g/mol. The van der Waals surface area contributed by atoms with E-state index >= 15 is 0 Å². The minimum Gasteiger partial charge on any atom is -0.324 e. The fourth-order valence-electron chi connectivity index (χ4n) is 1.78. The third-order valence-electron chi connectivity index (χ3n) is 2.37. The van der Waals surface area contributed by atoms with Crippen molar-refractivity contribution in [2.75, 3.05) is 19.8 Å². The van der Waals surface area contributed by atoms with Crippen molar-refractivity contribution >= 4 is 0 Å². The maximum Gasteiger partial charge on any atom is 0.311 e. The van der Waals surface area contributed by atoms with Gasteiger partial charge in [-0.05, 0) is 33.8 Å². The highest BCUT2D eigenvalue weighted by molar-refractivity contribution is 5.24. The Hall–Kier alpha value is -0.900. The van der Waals surface area contributed by atoms with Crippen LogP contribution < -0.4 is 0 Å². The Morgan fingerprint density at radius 3 is 1.88 bits per heavy atom. The van der Waals surface area contributed by atoms with E-state index in [0.29, 0.717) is 19.8 Å². The van der Waals surface area contributed by atoms with E-state index in [9.17, 15) is 0 Å². The summed E-state index contributed by atoms with van der Waals surface area (Å²) in [5.41, 5.74) is 2.06. The van der Waals surface area contributed by atoms with E-state index in [1.54, 1.807) is 0 Å². The number of benzene rings is 1. The summed E-state index contributed by atoms with van der Waals surface area (Å²) in [6, 6.07) is 8.02. The van der Waals surface area contributed by atoms with Crippen LogP contribution in [-0.4, -0.2) is 19.8 Å². The maximum absolute atomic E-state index is 5.71. The summed E-state index contributed by atoms with van der Waals surface area (Å²) < 4.78 is 17.1. The van der Waals surface area contributed by atoms with Crippen molar-refractivity contribution in [2.24, 2.45) is 0 Å². The SMILES string of the molecule is CCOC(OCC)(OCC)c1cccc(C)c1. The van der Waals surface area contributed by atoms with Crippen LogP contribution in [0.25, 0.3) is 0 Å². The first-order valence-corrected chi connectivity index (χ1v) is 6.17. The van der Waals surface area contributed by atoms with Gasteiger partial charge in [-0.3, -0.25) is 0 Å². The monoisotopic (exact) mass is 238 g/mol. The first-order chi connectivity index (χ1) is 8.18. The van der Waals surface area contributed by atoms with E-state index in [1.165, 1.54) is 0 Å². The lowest BCUT2D eigenvalue weighted by Crippen LogP contribution is -2.36. The predicted molar refractivity (Wildman–Crippen MR) is 67.7 cm³/mol. The van der Waals surface area contributed by atoms with Crippen molar-refractivity contribution in [2.45, 2.75) is 33.7 Å². The van der Waals surface area contributed by atoms with Crippen molar-refractivity contribution in [3.05, 3.63) is 35.4 Å². The second kappa shape index (κ2) is 6.74. The molecular formula is C14H22O3. The fourth-order valence-corrected chi connectivity index (χ4v) is 1.78. The topological polar surface area (TPSA) is 27.7 Å². The molecular weight excluding hydrogens is 216 g/mol. The van der Waals surface area contributed by atoms with Gasteiger partial charge in [0.2, 0.25) is 0 Å². The zero-order valence-corrected chi connectivity index (χ0v) is 11.2. The molecule has 0 saturated carbocycles. The number of ether oxygens (including phenoxy) is 3. The van der Waals surface area contributed by atoms with E-state index in [4.69, 9.17) is 14.2 Å². The second-order valence-corrected chi connectivity index (χ2v) is 3.72. The first-order valence-electron chi connectivity index (χ1n) is 6.17. The van der Waals surface area contributed by atoms with Crippen LogP contribution in [0.15, 0.2) is 24.3 Å². The molecule has 0 aliphatic rings. The zero-order valence-electron chi connectivity index (χ0n) is 11.2. The Bertz CT molecular complexity index is 319. The Morgan fingerprint density at radius 1 is 0.941 bits per heavy atom. The molecule has 0 aliphatic heterocycles. The molecule has 0 unspecified atom stereocenters. The third kappa shape index (κ3) is 3.53. The van der Waals surface area contributed by atoms with Gasteiger partial charge in [-0.25, -0.2) is 0 Å². The Labute approximate surface area is 104 Å². The van der Waals surface area contributed by atoms with Crippen LogP contribution in [0.1, 0.15) is 31.9 Å². The lowest BCUT2D eigenvalue weighted by atomic mass is 10.1. The van der Waals surface area contributed by atoms with Crippen LogP contribution in [0, 0.1) is 6.92 Å². The summed E-state index contributed by atoms with van der Waals surface area (Å²) in [6.45, 7) is 9.45. The molecule has 17 heavy (non-hydrogen) atoms. The second-order valence-electron chi connectivity index (χ2n) is 3.72. The molecule has 1 aromatic rings. The lowest BCUT2D eigenvalue weighted by Gasteiger charge is -2.32. The maximum atomic E-state index is 5.71. The number of aryl methyl sites for hydroxylation is 1. The molecule has 0 fully saturated rings. The Kier molecular flexibility index (Phi) is 5.62. The van der Waals surface area contributed by atoms with Gasteiger partial charge in [-0.2, -0.15) is 0 Å². The highest BCUT2D eigenvalue weighted by Gasteiger charge is 2.35. The van der Waals surface area contributed by atoms with Crippen LogP contribution in [0.4, 0.5) is 0 Å². The van der Waals surface area contributed by atoms with Crippen molar-refractivity contribution in [3.63, 3.8) is 0 Å². The minimum atomic E-state index is -1.07. The van der Waals surface area contributed by atoms with Gasteiger partial charge in [0.15, 0.2) is 0 Å². The molecule has 3 heteroatoms. The van der Waals surface area contributed by atoms with Gasteiger partial charge in [0, 0.05) is 25.4 Å². The molecule has 0 spiro atoms. The summed E-state index contributed by atoms with van der Waals surface area (Å²) in [5, 5.41) is 0. The summed E-state index contributed by atoms with van der Waals surface area (Å²) in [7, 11) is 0. The van der Waals surface area contributed by atoms with Crippen molar-refractivity contribution in [1.29, 1.82) is 0 Å². The van der Waals surface area contributed by atoms with Gasteiger partial charge in [0.25, 0.3) is 0 Å². The normalized spacial score (nSPS) is 11.8. The van der Waals surface area contributed by atoms with E-state index < -0.39 is 5.97 Å². The largest absolute Gasteiger partial charge is 0.324 e. The molecule has 1 rings (SSSR count). The lowest BCUT2D eigenvalue weighted by molar-refractivity contribution is -0.389. The van der Waals surface area contributed by atoms with Crippen LogP contribution >= 0.6 is 0 Å². The van der Waals surface area contributed by atoms with E-state index in [0.717, 1.165) is 11.1 Å². The molecule has 0 amide bonds. The van der Waals surface area contributed by atoms with Gasteiger partial charge in [-0.1, -0.05) is 23.8 Å². The molecule has 0 bridgehead atoms. The van der Waals surface area contributed by atoms with E-state index in [2.05, 4.69) is 0 Å². The van der Waals surface area contributed by atoms with E-state index in [-0.39, 0.29) is 0 Å². The first kappa shape index (κ1) is 14.2. The van der Waals surface area contributed by atoms with Crippen LogP contribution in [0.3, 0.4) is 0 Å². The van der Waals surface area contributed by atoms with Crippen molar-refractivity contribution in [1.82, 2.24) is 0 Å². The quantitative estimate of drug-likeness (QED) is 0.683. The van der Waals surface area contributed by atoms with Crippen molar-refractivity contribution < 1.29 is 14.2 Å². The van der Waals surface area contributed by atoms with Crippen LogP contribution in [0.2, 0.25) is 0 Å². The molecule has 0 heterocycles. The molecule has 3 nitrogen and oxygen atoms in total. The molecule has 0 aliphatic carbocycles. The highest BCUT2D eigenvalue weighted by Crippen LogP contribution is 2.29. The Morgan fingerprint density at radius 2 is 1.47 bits per heavy atom. The number of hydrogen-bond acceptors (Lipinski definition) is 3. The van der Waals surface area contributed by atoms with E-state index in [1.807, 2.05) is 52.0 Å². The van der Waals surface area contributed by atoms with Crippen molar-refractivity contribution in [3.8, 4) is 0 Å². The van der Waals surface area contributed by atoms with Gasteiger partial charge >= 0.3 is 5.97 Å². The number of rotatable bonds is 7. The minimum absolute atomic E-state index is 0.536. The fraction of sp³-hybridized carbons (Fsp3) is 0.571.